The fourth-order valence-corrected chi connectivity index (χ4v) is 1.98. The molecular weight excluding hydrogens is 294 g/mol. The molecular formula is C11H12ClI. The van der Waals surface area contributed by atoms with Crippen LogP contribution in [0, 0.1) is 0 Å². The number of allylic oxidation sites excluding steroid dienone is 1. The fraction of sp³-hybridized carbons (Fsp3) is 0.273. The lowest BCUT2D eigenvalue weighted by atomic mass is 9.98. The van der Waals surface area contributed by atoms with Gasteiger partial charge in [-0.2, -0.15) is 0 Å². The van der Waals surface area contributed by atoms with Crippen molar-refractivity contribution in [3.8, 4) is 0 Å². The van der Waals surface area contributed by atoms with Gasteiger partial charge in [0, 0.05) is 8.44 Å². The van der Waals surface area contributed by atoms with Crippen molar-refractivity contribution in [2.75, 3.05) is 0 Å². The van der Waals surface area contributed by atoms with E-state index in [1.807, 2.05) is 18.2 Å². The highest BCUT2D eigenvalue weighted by molar-refractivity contribution is 14.1. The molecule has 0 saturated carbocycles. The average molecular weight is 307 g/mol. The Morgan fingerprint density at radius 2 is 2.00 bits per heavy atom. The van der Waals surface area contributed by atoms with Crippen LogP contribution < -0.4 is 0 Å². The third kappa shape index (κ3) is 2.99. The van der Waals surface area contributed by atoms with Gasteiger partial charge in [-0.3, -0.25) is 0 Å². The van der Waals surface area contributed by atoms with Crippen molar-refractivity contribution in [2.24, 2.45) is 0 Å². The van der Waals surface area contributed by atoms with E-state index in [1.54, 1.807) is 0 Å². The van der Waals surface area contributed by atoms with Gasteiger partial charge in [0.25, 0.3) is 0 Å². The summed E-state index contributed by atoms with van der Waals surface area (Å²) in [6.07, 6.45) is 2.91. The molecule has 0 fully saturated rings. The van der Waals surface area contributed by atoms with Crippen LogP contribution in [0.5, 0.6) is 0 Å². The first-order valence-electron chi connectivity index (χ1n) is 4.12. The summed E-state index contributed by atoms with van der Waals surface area (Å²) in [5.41, 5.74) is 1.29. The van der Waals surface area contributed by atoms with Gasteiger partial charge in [0.15, 0.2) is 0 Å². The quantitative estimate of drug-likeness (QED) is 0.436. The molecule has 13 heavy (non-hydrogen) atoms. The molecule has 0 N–H and O–H groups in total. The number of benzene rings is 1. The van der Waals surface area contributed by atoms with E-state index in [-0.39, 0.29) is 3.42 Å². The van der Waals surface area contributed by atoms with Gasteiger partial charge in [-0.25, -0.2) is 0 Å². The second-order valence-electron chi connectivity index (χ2n) is 3.20. The van der Waals surface area contributed by atoms with Crippen molar-refractivity contribution in [3.63, 3.8) is 0 Å². The first-order valence-corrected chi connectivity index (χ1v) is 5.58. The molecule has 0 aliphatic carbocycles. The molecule has 1 aromatic carbocycles. The van der Waals surface area contributed by atoms with E-state index in [1.165, 1.54) is 5.56 Å². The molecule has 70 valence electrons. The molecule has 0 aliphatic rings. The van der Waals surface area contributed by atoms with Gasteiger partial charge in [0.05, 0.1) is 0 Å². The number of hydrogen-bond donors (Lipinski definition) is 0. The maximum absolute atomic E-state index is 5.82. The number of rotatable bonds is 3. The molecule has 1 atom stereocenters. The second kappa shape index (κ2) is 4.47. The van der Waals surface area contributed by atoms with Crippen molar-refractivity contribution in [2.45, 2.75) is 16.8 Å². The zero-order valence-electron chi connectivity index (χ0n) is 7.56. The fourth-order valence-electron chi connectivity index (χ4n) is 1.19. The van der Waals surface area contributed by atoms with Crippen LogP contribution in [0.3, 0.4) is 0 Å². The monoisotopic (exact) mass is 306 g/mol. The summed E-state index contributed by atoms with van der Waals surface area (Å²) in [5.74, 6) is 0. The highest BCUT2D eigenvalue weighted by Gasteiger charge is 2.20. The maximum Gasteiger partial charge on any atom is 0.0476 e. The first-order chi connectivity index (χ1) is 6.06. The van der Waals surface area contributed by atoms with Crippen LogP contribution in [-0.4, -0.2) is 0 Å². The van der Waals surface area contributed by atoms with Crippen LogP contribution in [0.2, 0.25) is 5.02 Å². The van der Waals surface area contributed by atoms with E-state index in [0.717, 1.165) is 11.4 Å². The van der Waals surface area contributed by atoms with Crippen LogP contribution in [0.15, 0.2) is 36.9 Å². The van der Waals surface area contributed by atoms with Crippen molar-refractivity contribution in [1.29, 1.82) is 0 Å². The Bertz CT molecular complexity index is 287. The minimum absolute atomic E-state index is 0.129. The van der Waals surface area contributed by atoms with Gasteiger partial charge in [-0.1, -0.05) is 52.4 Å². The topological polar surface area (TPSA) is 0 Å². The Hall–Kier alpha value is -0.0200. The van der Waals surface area contributed by atoms with Gasteiger partial charge in [-0.15, -0.1) is 6.58 Å². The molecule has 0 saturated heterocycles. The van der Waals surface area contributed by atoms with E-state index >= 15 is 0 Å². The molecule has 0 aliphatic heterocycles. The number of alkyl halides is 1. The predicted molar refractivity (Wildman–Crippen MR) is 67.6 cm³/mol. The molecule has 1 aromatic rings. The van der Waals surface area contributed by atoms with Crippen molar-refractivity contribution < 1.29 is 0 Å². The van der Waals surface area contributed by atoms with Gasteiger partial charge >= 0.3 is 0 Å². The largest absolute Gasteiger partial charge is 0.103 e. The Morgan fingerprint density at radius 3 is 2.46 bits per heavy atom. The van der Waals surface area contributed by atoms with Gasteiger partial charge in [0.2, 0.25) is 0 Å². The van der Waals surface area contributed by atoms with E-state index in [9.17, 15) is 0 Å². The summed E-state index contributed by atoms with van der Waals surface area (Å²) in [4.78, 5) is 0. The number of hydrogen-bond acceptors (Lipinski definition) is 0. The van der Waals surface area contributed by atoms with Gasteiger partial charge in [0.1, 0.15) is 0 Å². The minimum atomic E-state index is 0.129. The average Bonchev–Trinajstić information content (AvgIpc) is 2.05. The molecule has 2 heteroatoms. The number of halogens is 2. The first kappa shape index (κ1) is 11.1. The summed E-state index contributed by atoms with van der Waals surface area (Å²) in [6.45, 7) is 5.95. The molecule has 0 nitrogen and oxygen atoms in total. The third-order valence-electron chi connectivity index (χ3n) is 1.97. The van der Waals surface area contributed by atoms with Crippen LogP contribution in [0.1, 0.15) is 18.9 Å². The lowest BCUT2D eigenvalue weighted by Gasteiger charge is -2.21. The zero-order valence-corrected chi connectivity index (χ0v) is 10.5. The molecule has 0 bridgehead atoms. The smallest absolute Gasteiger partial charge is 0.0476 e. The molecule has 0 aromatic heterocycles. The van der Waals surface area contributed by atoms with Crippen molar-refractivity contribution >= 4 is 34.2 Å². The Balaban J connectivity index is 2.93. The SMILES string of the molecule is C=CCC(C)(I)c1ccc(Cl)cc1. The molecule has 1 unspecified atom stereocenters. The van der Waals surface area contributed by atoms with Gasteiger partial charge in [-0.05, 0) is 31.0 Å². The predicted octanol–water partition coefficient (Wildman–Crippen LogP) is 4.57. The second-order valence-corrected chi connectivity index (χ2v) is 6.01. The molecule has 0 radical (unpaired) electrons. The summed E-state index contributed by atoms with van der Waals surface area (Å²) in [7, 11) is 0. The zero-order chi connectivity index (χ0) is 9.90. The summed E-state index contributed by atoms with van der Waals surface area (Å²) < 4.78 is 0.129. The third-order valence-corrected chi connectivity index (χ3v) is 3.29. The molecule has 0 spiro atoms. The van der Waals surface area contributed by atoms with Gasteiger partial charge < -0.3 is 0 Å². The van der Waals surface area contributed by atoms with Crippen LogP contribution in [0.25, 0.3) is 0 Å². The minimum Gasteiger partial charge on any atom is -0.103 e. The summed E-state index contributed by atoms with van der Waals surface area (Å²) in [6, 6.07) is 7.99. The van der Waals surface area contributed by atoms with Crippen molar-refractivity contribution in [1.82, 2.24) is 0 Å². The van der Waals surface area contributed by atoms with Crippen molar-refractivity contribution in [3.05, 3.63) is 47.5 Å². The lowest BCUT2D eigenvalue weighted by Crippen LogP contribution is -2.10. The Kier molecular flexibility index (Phi) is 3.80. The van der Waals surface area contributed by atoms with E-state index < -0.39 is 0 Å². The van der Waals surface area contributed by atoms with E-state index in [0.29, 0.717) is 0 Å². The maximum atomic E-state index is 5.82. The van der Waals surface area contributed by atoms with E-state index in [2.05, 4.69) is 48.2 Å². The normalized spacial score (nSPS) is 15.0. The van der Waals surface area contributed by atoms with Crippen LogP contribution in [0.4, 0.5) is 0 Å². The highest BCUT2D eigenvalue weighted by atomic mass is 127. The van der Waals surface area contributed by atoms with Crippen LogP contribution >= 0.6 is 34.2 Å². The molecule has 0 heterocycles. The molecule has 1 rings (SSSR count). The van der Waals surface area contributed by atoms with E-state index in [4.69, 9.17) is 11.6 Å². The lowest BCUT2D eigenvalue weighted by molar-refractivity contribution is 0.746. The highest BCUT2D eigenvalue weighted by Crippen LogP contribution is 2.35. The Labute approximate surface area is 98.1 Å². The summed E-state index contributed by atoms with van der Waals surface area (Å²) in [5, 5.41) is 0.787. The Morgan fingerprint density at radius 1 is 1.46 bits per heavy atom. The summed E-state index contributed by atoms with van der Waals surface area (Å²) >= 11 is 8.26. The van der Waals surface area contributed by atoms with Crippen LogP contribution in [-0.2, 0) is 3.42 Å². The molecule has 0 amide bonds. The standard InChI is InChI=1S/C11H12ClI/c1-3-8-11(2,13)9-4-6-10(12)7-5-9/h3-7H,1,8H2,2H3.